The van der Waals surface area contributed by atoms with E-state index in [0.29, 0.717) is 12.1 Å². The average Bonchev–Trinajstić information content (AvgIpc) is 3.41. The Bertz CT molecular complexity index is 1320. The number of hydrogen-bond acceptors (Lipinski definition) is 6. The zero-order valence-electron chi connectivity index (χ0n) is 21.2. The predicted molar refractivity (Wildman–Crippen MR) is 123 cm³/mol. The highest BCUT2D eigenvalue weighted by atomic mass is 19.4. The number of carbonyl (C=O) groups excluding carboxylic acids is 2. The normalized spacial score (nSPS) is 43.3. The fraction of sp³-hybridized carbons (Fsp3) is 0.593. The number of halogens is 5. The van der Waals surface area contributed by atoms with Crippen LogP contribution in [0, 0.1) is 28.6 Å². The lowest BCUT2D eigenvalue weighted by Crippen LogP contribution is -2.71. The van der Waals surface area contributed by atoms with Crippen molar-refractivity contribution in [3.8, 4) is 0 Å². The van der Waals surface area contributed by atoms with Gasteiger partial charge < -0.3 is 19.4 Å². The maximum absolute atomic E-state index is 17.3. The van der Waals surface area contributed by atoms with Gasteiger partial charge in [0.2, 0.25) is 17.1 Å². The molecule has 2 N–H and O–H groups in total. The molecule has 0 amide bonds. The highest BCUT2D eigenvalue weighted by molar-refractivity contribution is 6.01. The van der Waals surface area contributed by atoms with Crippen LogP contribution < -0.4 is 0 Å². The standard InChI is InChI=1S/C27H27F5O7/c1-12-8-14-15-10-17(28)16-9-13(33)6-7-23(16,2)25(15,29)19(34)11-24(14,3)26(12,22(36)37)39-21(35)18-4-5-20(38-18)27(30,31)32/h4-7,9,12,14-15,17,19,34H,8,10-11H2,1-3H3,(H,36,37)/t12-,14+,15+,17+,19+,23+,24+,25+,26-/m1/s1. The van der Waals surface area contributed by atoms with Crippen LogP contribution in [0.25, 0.3) is 0 Å². The van der Waals surface area contributed by atoms with E-state index in [1.54, 1.807) is 0 Å². The van der Waals surface area contributed by atoms with Crippen molar-refractivity contribution in [3.05, 3.63) is 47.5 Å². The fourth-order valence-electron chi connectivity index (χ4n) is 8.04. The maximum atomic E-state index is 17.3. The number of ether oxygens (including phenoxy) is 1. The molecule has 39 heavy (non-hydrogen) atoms. The number of esters is 1. The lowest BCUT2D eigenvalue weighted by Gasteiger charge is -2.62. The Hall–Kier alpha value is -3.02. The number of ketones is 1. The first kappa shape index (κ1) is 27.5. The minimum Gasteiger partial charge on any atom is -0.478 e. The number of aliphatic carboxylic acids is 1. The second kappa shape index (κ2) is 8.25. The van der Waals surface area contributed by atoms with Crippen molar-refractivity contribution in [3.63, 3.8) is 0 Å². The molecule has 12 heteroatoms. The maximum Gasteiger partial charge on any atom is 0.449 e. The molecule has 3 fully saturated rings. The smallest absolute Gasteiger partial charge is 0.449 e. The van der Waals surface area contributed by atoms with Crippen LogP contribution in [-0.2, 0) is 20.5 Å². The molecule has 0 radical (unpaired) electrons. The van der Waals surface area contributed by atoms with E-state index < -0.39 is 100 Å². The van der Waals surface area contributed by atoms with E-state index in [0.717, 1.165) is 12.2 Å². The third kappa shape index (κ3) is 3.39. The van der Waals surface area contributed by atoms with Crippen molar-refractivity contribution < 1.29 is 55.7 Å². The molecule has 1 heterocycles. The van der Waals surface area contributed by atoms with Gasteiger partial charge in [0.25, 0.3) is 0 Å². The van der Waals surface area contributed by atoms with Crippen LogP contribution >= 0.6 is 0 Å². The van der Waals surface area contributed by atoms with Gasteiger partial charge in [-0.1, -0.05) is 19.9 Å². The molecule has 4 aliphatic carbocycles. The van der Waals surface area contributed by atoms with Crippen LogP contribution in [-0.4, -0.2) is 51.5 Å². The van der Waals surface area contributed by atoms with Gasteiger partial charge in [0, 0.05) is 22.7 Å². The Morgan fingerprint density at radius 1 is 1.15 bits per heavy atom. The first-order valence-corrected chi connectivity index (χ1v) is 12.5. The molecule has 212 valence electrons. The van der Waals surface area contributed by atoms with E-state index in [4.69, 9.17) is 4.74 Å². The van der Waals surface area contributed by atoms with Crippen LogP contribution in [0.1, 0.15) is 56.3 Å². The molecule has 1 aromatic rings. The minimum atomic E-state index is -4.90. The lowest BCUT2D eigenvalue weighted by atomic mass is 9.44. The van der Waals surface area contributed by atoms with Crippen molar-refractivity contribution in [2.75, 3.05) is 0 Å². The summed E-state index contributed by atoms with van der Waals surface area (Å²) in [5.41, 5.74) is -8.32. The van der Waals surface area contributed by atoms with Crippen LogP contribution in [0.3, 0.4) is 0 Å². The molecule has 5 rings (SSSR count). The number of fused-ring (bicyclic) bond motifs is 5. The van der Waals surface area contributed by atoms with Crippen LogP contribution in [0.4, 0.5) is 22.0 Å². The molecule has 4 aliphatic rings. The summed E-state index contributed by atoms with van der Waals surface area (Å²) in [6, 6.07) is 1.22. The summed E-state index contributed by atoms with van der Waals surface area (Å²) in [5.74, 6) is -9.10. The number of hydrogen-bond donors (Lipinski definition) is 2. The van der Waals surface area contributed by atoms with Gasteiger partial charge in [-0.25, -0.2) is 18.4 Å². The van der Waals surface area contributed by atoms with Gasteiger partial charge >= 0.3 is 18.1 Å². The molecule has 0 bridgehead atoms. The molecule has 1 aromatic heterocycles. The van der Waals surface area contributed by atoms with Crippen LogP contribution in [0.5, 0.6) is 0 Å². The van der Waals surface area contributed by atoms with Gasteiger partial charge in [-0.15, -0.1) is 0 Å². The number of rotatable bonds is 3. The number of aliphatic hydroxyl groups is 1. The third-order valence-electron chi connectivity index (χ3n) is 9.83. The SMILES string of the molecule is C[C@@H]1C[C@H]2[C@@H]3C[C@H](F)C4=CC(=O)C=C[C@]4(C)[C@@]3(F)[C@@H](O)C[C@]2(C)[C@]1(OC(=O)c1ccc(C(F)(F)F)o1)C(=O)O. The zero-order valence-corrected chi connectivity index (χ0v) is 21.2. The van der Waals surface area contributed by atoms with E-state index in [1.807, 2.05) is 0 Å². The summed E-state index contributed by atoms with van der Waals surface area (Å²) in [7, 11) is 0. The Labute approximate surface area is 219 Å². The number of allylic oxidation sites excluding steroid dienone is 4. The molecule has 0 unspecified atom stereocenters. The predicted octanol–water partition coefficient (Wildman–Crippen LogP) is 4.84. The van der Waals surface area contributed by atoms with Gasteiger partial charge in [0.15, 0.2) is 11.5 Å². The second-order valence-electron chi connectivity index (χ2n) is 11.6. The minimum absolute atomic E-state index is 0.0322. The third-order valence-corrected chi connectivity index (χ3v) is 9.83. The van der Waals surface area contributed by atoms with Crippen LogP contribution in [0.2, 0.25) is 0 Å². The average molecular weight is 558 g/mol. The summed E-state index contributed by atoms with van der Waals surface area (Å²) in [6.07, 6.45) is -6.11. The highest BCUT2D eigenvalue weighted by Gasteiger charge is 2.78. The Morgan fingerprint density at radius 3 is 2.41 bits per heavy atom. The molecule has 0 saturated heterocycles. The van der Waals surface area contributed by atoms with E-state index in [9.17, 15) is 37.8 Å². The van der Waals surface area contributed by atoms with Crippen molar-refractivity contribution in [1.82, 2.24) is 0 Å². The van der Waals surface area contributed by atoms with Crippen molar-refractivity contribution in [2.24, 2.45) is 28.6 Å². The van der Waals surface area contributed by atoms with Crippen molar-refractivity contribution in [1.29, 1.82) is 0 Å². The first-order chi connectivity index (χ1) is 17.9. The number of furan rings is 1. The second-order valence-corrected chi connectivity index (χ2v) is 11.6. The molecule has 9 atom stereocenters. The monoisotopic (exact) mass is 558 g/mol. The van der Waals surface area contributed by atoms with Crippen LogP contribution in [0.15, 0.2) is 40.4 Å². The topological polar surface area (TPSA) is 114 Å². The first-order valence-electron chi connectivity index (χ1n) is 12.5. The summed E-state index contributed by atoms with van der Waals surface area (Å²) in [5, 5.41) is 21.8. The van der Waals surface area contributed by atoms with E-state index in [1.165, 1.54) is 26.8 Å². The summed E-state index contributed by atoms with van der Waals surface area (Å²) in [6.45, 7) is 4.25. The lowest BCUT2D eigenvalue weighted by molar-refractivity contribution is -0.229. The summed E-state index contributed by atoms with van der Waals surface area (Å²) >= 11 is 0. The van der Waals surface area contributed by atoms with Gasteiger partial charge in [0.1, 0.15) is 6.17 Å². The van der Waals surface area contributed by atoms with E-state index in [2.05, 4.69) is 4.42 Å². The van der Waals surface area contributed by atoms with E-state index >= 15 is 8.78 Å². The number of alkyl halides is 5. The number of carbonyl (C=O) groups is 3. The molecular weight excluding hydrogens is 531 g/mol. The van der Waals surface area contributed by atoms with Gasteiger partial charge in [-0.3, -0.25) is 4.79 Å². The van der Waals surface area contributed by atoms with E-state index in [-0.39, 0.29) is 12.0 Å². The molecule has 7 nitrogen and oxygen atoms in total. The molecule has 0 spiro atoms. The van der Waals surface area contributed by atoms with Crippen molar-refractivity contribution >= 4 is 17.7 Å². The number of aliphatic hydroxyl groups excluding tert-OH is 1. The Kier molecular flexibility index (Phi) is 5.82. The fourth-order valence-corrected chi connectivity index (χ4v) is 8.04. The highest BCUT2D eigenvalue weighted by Crippen LogP contribution is 2.71. The van der Waals surface area contributed by atoms with Gasteiger partial charge in [0.05, 0.1) is 6.10 Å². The van der Waals surface area contributed by atoms with Gasteiger partial charge in [-0.2, -0.15) is 13.2 Å². The molecule has 0 aliphatic heterocycles. The van der Waals surface area contributed by atoms with Gasteiger partial charge in [-0.05, 0) is 62.0 Å². The molecule has 3 saturated carbocycles. The zero-order chi connectivity index (χ0) is 28.9. The Morgan fingerprint density at radius 2 is 1.82 bits per heavy atom. The quantitative estimate of drug-likeness (QED) is 0.403. The largest absolute Gasteiger partial charge is 0.478 e. The number of carboxylic acid groups (broad SMARTS) is 1. The summed E-state index contributed by atoms with van der Waals surface area (Å²) < 4.78 is 81.9. The summed E-state index contributed by atoms with van der Waals surface area (Å²) in [4.78, 5) is 37.8. The number of carboxylic acids is 1. The molecular formula is C27H27F5O7. The Balaban J connectivity index is 1.58. The van der Waals surface area contributed by atoms with Crippen molar-refractivity contribution in [2.45, 2.75) is 69.8 Å². The molecule has 0 aromatic carbocycles.